The molecule has 5 nitrogen and oxygen atoms in total. The number of hydrogen-bond donors (Lipinski definition) is 1. The van der Waals surface area contributed by atoms with Gasteiger partial charge in [-0.05, 0) is 88.1 Å². The van der Waals surface area contributed by atoms with Crippen LogP contribution in [-0.4, -0.2) is 23.5 Å². The number of fused-ring (bicyclic) bond motifs is 3. The van der Waals surface area contributed by atoms with Crippen LogP contribution in [0.3, 0.4) is 0 Å². The second-order valence-electron chi connectivity index (χ2n) is 12.2. The Morgan fingerprint density at radius 1 is 0.930 bits per heavy atom. The van der Waals surface area contributed by atoms with Crippen molar-refractivity contribution in [3.05, 3.63) is 118 Å². The van der Waals surface area contributed by atoms with Gasteiger partial charge < -0.3 is 10.1 Å². The van der Waals surface area contributed by atoms with Gasteiger partial charge in [-0.15, -0.1) is 0 Å². The van der Waals surface area contributed by atoms with E-state index >= 15 is 0 Å². The average Bonchev–Trinajstić information content (AvgIpc) is 2.99. The zero-order chi connectivity index (χ0) is 30.1. The lowest BCUT2D eigenvalue weighted by Crippen LogP contribution is -2.29. The Balaban J connectivity index is 1.34. The fraction of sp³-hybridized carbons (Fsp3) is 0.216. The summed E-state index contributed by atoms with van der Waals surface area (Å²) in [4.78, 5) is 31.8. The number of carbonyl (C=O) groups is 2. The van der Waals surface area contributed by atoms with Gasteiger partial charge in [0.25, 0.3) is 5.91 Å². The van der Waals surface area contributed by atoms with Crippen molar-refractivity contribution in [3.63, 3.8) is 0 Å². The Morgan fingerprint density at radius 2 is 1.65 bits per heavy atom. The maximum Gasteiger partial charge on any atom is 0.339 e. The van der Waals surface area contributed by atoms with E-state index in [0.29, 0.717) is 28.2 Å². The molecule has 6 heteroatoms. The fourth-order valence-corrected chi connectivity index (χ4v) is 5.92. The molecule has 216 valence electrons. The summed E-state index contributed by atoms with van der Waals surface area (Å²) >= 11 is 6.15. The second kappa shape index (κ2) is 11.7. The monoisotopic (exact) mass is 588 g/mol. The number of ether oxygens (including phenoxy) is 1. The number of halogens is 1. The topological polar surface area (TPSA) is 68.3 Å². The van der Waals surface area contributed by atoms with E-state index < -0.39 is 18.5 Å². The summed E-state index contributed by atoms with van der Waals surface area (Å²) in [6.45, 7) is 6.29. The third kappa shape index (κ3) is 6.18. The number of allylic oxidation sites excluding steroid dienone is 1. The number of esters is 1. The van der Waals surface area contributed by atoms with E-state index in [0.717, 1.165) is 45.0 Å². The van der Waals surface area contributed by atoms with Crippen molar-refractivity contribution in [1.82, 2.24) is 4.98 Å². The van der Waals surface area contributed by atoms with E-state index in [1.807, 2.05) is 91.0 Å². The Hall–Kier alpha value is -4.48. The Kier molecular flexibility index (Phi) is 7.76. The van der Waals surface area contributed by atoms with Gasteiger partial charge in [0.15, 0.2) is 6.61 Å². The van der Waals surface area contributed by atoms with E-state index in [2.05, 4.69) is 32.2 Å². The van der Waals surface area contributed by atoms with Gasteiger partial charge in [0.2, 0.25) is 0 Å². The average molecular weight is 589 g/mol. The van der Waals surface area contributed by atoms with E-state index in [-0.39, 0.29) is 11.3 Å². The first-order valence-electron chi connectivity index (χ1n) is 14.5. The zero-order valence-corrected chi connectivity index (χ0v) is 25.2. The molecule has 0 saturated heterocycles. The number of rotatable bonds is 5. The van der Waals surface area contributed by atoms with Crippen molar-refractivity contribution in [1.29, 1.82) is 0 Å². The molecular formula is C37H33ClN2O3. The highest BCUT2D eigenvalue weighted by molar-refractivity contribution is 6.30. The summed E-state index contributed by atoms with van der Waals surface area (Å²) in [5.74, 6) is -0.653. The van der Waals surface area contributed by atoms with E-state index in [1.54, 1.807) is 0 Å². The van der Waals surface area contributed by atoms with E-state index in [9.17, 15) is 9.59 Å². The molecule has 0 radical (unpaired) electrons. The van der Waals surface area contributed by atoms with Gasteiger partial charge in [-0.3, -0.25) is 4.79 Å². The summed E-state index contributed by atoms with van der Waals surface area (Å²) < 4.78 is 5.70. The van der Waals surface area contributed by atoms with Crippen LogP contribution in [0, 0.1) is 11.3 Å². The predicted molar refractivity (Wildman–Crippen MR) is 175 cm³/mol. The third-order valence-electron chi connectivity index (χ3n) is 8.22. The molecule has 0 bridgehead atoms. The minimum atomic E-state index is -0.524. The number of nitrogens with zero attached hydrogens (tertiary/aromatic N) is 1. The number of carbonyl (C=O) groups excluding carboxylic acids is 2. The molecular weight excluding hydrogens is 556 g/mol. The second-order valence-corrected chi connectivity index (χ2v) is 12.6. The minimum Gasteiger partial charge on any atom is -0.452 e. The Morgan fingerprint density at radius 3 is 2.42 bits per heavy atom. The number of hydrogen-bond acceptors (Lipinski definition) is 4. The molecule has 43 heavy (non-hydrogen) atoms. The molecule has 1 aliphatic rings. The number of amides is 1. The van der Waals surface area contributed by atoms with Gasteiger partial charge in [0.05, 0.1) is 16.8 Å². The summed E-state index contributed by atoms with van der Waals surface area (Å²) in [5, 5.41) is 6.36. The molecule has 4 aromatic carbocycles. The summed E-state index contributed by atoms with van der Waals surface area (Å²) in [6.07, 6.45) is 3.65. The first-order valence-corrected chi connectivity index (χ1v) is 14.9. The van der Waals surface area contributed by atoms with Crippen LogP contribution in [0.1, 0.15) is 54.4 Å². The molecule has 1 atom stereocenters. The lowest BCUT2D eigenvalue weighted by molar-refractivity contribution is -0.119. The van der Waals surface area contributed by atoms with Gasteiger partial charge in [-0.25, -0.2) is 9.78 Å². The van der Waals surface area contributed by atoms with Crippen molar-refractivity contribution >= 4 is 62.5 Å². The van der Waals surface area contributed by atoms with E-state index in [1.165, 1.54) is 0 Å². The molecule has 0 aliphatic heterocycles. The first-order chi connectivity index (χ1) is 20.7. The number of para-hydroxylation sites is 1. The van der Waals surface area contributed by atoms with Crippen LogP contribution in [0.4, 0.5) is 5.69 Å². The molecule has 1 heterocycles. The molecule has 0 saturated carbocycles. The first kappa shape index (κ1) is 28.6. The lowest BCUT2D eigenvalue weighted by Gasteiger charge is -2.36. The maximum absolute atomic E-state index is 13.9. The molecule has 0 spiro atoms. The molecule has 1 unspecified atom stereocenters. The highest BCUT2D eigenvalue weighted by atomic mass is 35.5. The van der Waals surface area contributed by atoms with Crippen molar-refractivity contribution in [2.45, 2.75) is 33.6 Å². The highest BCUT2D eigenvalue weighted by Crippen LogP contribution is 2.45. The number of benzene rings is 4. The lowest BCUT2D eigenvalue weighted by atomic mass is 9.69. The predicted octanol–water partition coefficient (Wildman–Crippen LogP) is 8.99. The van der Waals surface area contributed by atoms with Gasteiger partial charge in [0.1, 0.15) is 0 Å². The summed E-state index contributed by atoms with van der Waals surface area (Å²) in [6, 6.07) is 29.0. The molecule has 1 aliphatic carbocycles. The van der Waals surface area contributed by atoms with Crippen molar-refractivity contribution in [2.24, 2.45) is 11.3 Å². The van der Waals surface area contributed by atoms with Crippen LogP contribution in [0.15, 0.2) is 91.0 Å². The summed E-state index contributed by atoms with van der Waals surface area (Å²) in [5.41, 5.74) is 5.59. The quantitative estimate of drug-likeness (QED) is 0.208. The maximum atomic E-state index is 13.9. The van der Waals surface area contributed by atoms with Crippen LogP contribution in [0.25, 0.3) is 33.3 Å². The van der Waals surface area contributed by atoms with Gasteiger partial charge in [-0.2, -0.15) is 0 Å². The highest BCUT2D eigenvalue weighted by Gasteiger charge is 2.35. The number of pyridine rings is 1. The number of aromatic nitrogens is 1. The molecule has 0 fully saturated rings. The third-order valence-corrected chi connectivity index (χ3v) is 8.47. The number of nitrogens with one attached hydrogen (secondary N) is 1. The van der Waals surface area contributed by atoms with Crippen LogP contribution in [0.2, 0.25) is 5.02 Å². The smallest absolute Gasteiger partial charge is 0.339 e. The molecule has 1 aromatic heterocycles. The molecule has 1 N–H and O–H groups in total. The molecule has 1 amide bonds. The zero-order valence-electron chi connectivity index (χ0n) is 24.5. The SMILES string of the molecule is CC(C)(C)C1C/C(=C/c2ccc(Cl)cc2)c2nc3ccccc3c(C(=O)OCC(=O)Nc3ccc4ccccc4c3)c2C1. The molecule has 6 rings (SSSR count). The van der Waals surface area contributed by atoms with Crippen LogP contribution < -0.4 is 5.32 Å². The normalized spacial score (nSPS) is 15.8. The Bertz CT molecular complexity index is 1890. The van der Waals surface area contributed by atoms with Gasteiger partial charge in [0, 0.05) is 16.1 Å². The standard InChI is InChI=1S/C37H33ClN2O3/c1-37(2,3)27-19-26(18-23-12-15-28(38)16-13-23)35-31(21-27)34(30-10-6-7-11-32(30)40-35)36(42)43-22-33(41)39-29-17-14-24-8-4-5-9-25(24)20-29/h4-18,20,27H,19,21-22H2,1-3H3,(H,39,41)/b26-18-. The molecule has 5 aromatic rings. The van der Waals surface area contributed by atoms with Crippen LogP contribution in [-0.2, 0) is 16.0 Å². The van der Waals surface area contributed by atoms with Crippen molar-refractivity contribution in [2.75, 3.05) is 11.9 Å². The summed E-state index contributed by atoms with van der Waals surface area (Å²) in [7, 11) is 0. The van der Waals surface area contributed by atoms with Crippen molar-refractivity contribution in [3.8, 4) is 0 Å². The van der Waals surface area contributed by atoms with E-state index in [4.69, 9.17) is 21.3 Å². The van der Waals surface area contributed by atoms with Crippen LogP contribution in [0.5, 0.6) is 0 Å². The number of anilines is 1. The Labute approximate surface area is 256 Å². The largest absolute Gasteiger partial charge is 0.452 e. The van der Waals surface area contributed by atoms with Gasteiger partial charge >= 0.3 is 5.97 Å². The fourth-order valence-electron chi connectivity index (χ4n) is 5.80. The minimum absolute atomic E-state index is 0.0106. The van der Waals surface area contributed by atoms with Crippen LogP contribution >= 0.6 is 11.6 Å². The van der Waals surface area contributed by atoms with Gasteiger partial charge in [-0.1, -0.05) is 93.0 Å². The van der Waals surface area contributed by atoms with Crippen molar-refractivity contribution < 1.29 is 14.3 Å².